The normalized spacial score (nSPS) is 24.8. The summed E-state index contributed by atoms with van der Waals surface area (Å²) in [7, 11) is 0. The first-order valence-electron chi connectivity index (χ1n) is 5.77. The van der Waals surface area contributed by atoms with Crippen molar-refractivity contribution in [2.24, 2.45) is 5.92 Å². The molecule has 1 fully saturated rings. The predicted molar refractivity (Wildman–Crippen MR) is 78.5 cm³/mol. The lowest BCUT2D eigenvalue weighted by molar-refractivity contribution is 0.0701. The largest absolute Gasteiger partial charge is 0.337 e. The molecule has 4 heteroatoms. The Labute approximate surface area is 120 Å². The number of piperidine rings is 1. The molecule has 1 aromatic rings. The summed E-state index contributed by atoms with van der Waals surface area (Å²) in [5.74, 6) is 0.595. The molecule has 1 aliphatic heterocycles. The third-order valence-electron chi connectivity index (χ3n) is 3.23. The number of nitrogens with zero attached hydrogens (tertiary/aromatic N) is 1. The summed E-state index contributed by atoms with van der Waals surface area (Å²) in [6, 6.07) is 7.69. The molecule has 0 aliphatic carbocycles. The van der Waals surface area contributed by atoms with E-state index in [0.717, 1.165) is 22.1 Å². The zero-order valence-corrected chi connectivity index (χ0v) is 12.6. The first kappa shape index (κ1) is 13.1. The van der Waals surface area contributed by atoms with Gasteiger partial charge in [-0.3, -0.25) is 4.79 Å². The minimum Gasteiger partial charge on any atom is -0.337 e. The van der Waals surface area contributed by atoms with Crippen molar-refractivity contribution in [3.05, 3.63) is 33.4 Å². The molecule has 17 heavy (non-hydrogen) atoms. The van der Waals surface area contributed by atoms with Crippen molar-refractivity contribution in [1.82, 2.24) is 4.90 Å². The van der Waals surface area contributed by atoms with E-state index in [4.69, 9.17) is 11.6 Å². The van der Waals surface area contributed by atoms with E-state index >= 15 is 0 Å². The second-order valence-corrected chi connectivity index (χ2v) is 6.35. The summed E-state index contributed by atoms with van der Waals surface area (Å²) < 4.78 is 1.08. The van der Waals surface area contributed by atoms with Gasteiger partial charge in [0.1, 0.15) is 0 Å². The zero-order valence-electron chi connectivity index (χ0n) is 9.70. The van der Waals surface area contributed by atoms with Gasteiger partial charge in [0.2, 0.25) is 0 Å². The lowest BCUT2D eigenvalue weighted by Crippen LogP contribution is -2.43. The Balaban J connectivity index is 2.10. The number of carbonyl (C=O) groups excluding carboxylic acids is 1. The fourth-order valence-corrected chi connectivity index (χ4v) is 2.85. The molecule has 0 bridgehead atoms. The van der Waals surface area contributed by atoms with Crippen LogP contribution in [0.2, 0.25) is 0 Å². The van der Waals surface area contributed by atoms with E-state index in [1.165, 1.54) is 0 Å². The second kappa shape index (κ2) is 5.57. The maximum atomic E-state index is 12.3. The van der Waals surface area contributed by atoms with Gasteiger partial charge in [-0.1, -0.05) is 13.0 Å². The van der Waals surface area contributed by atoms with Crippen molar-refractivity contribution in [3.8, 4) is 0 Å². The molecule has 1 saturated heterocycles. The van der Waals surface area contributed by atoms with Crippen molar-refractivity contribution in [2.45, 2.75) is 18.7 Å². The van der Waals surface area contributed by atoms with E-state index in [2.05, 4.69) is 29.5 Å². The van der Waals surface area contributed by atoms with Crippen LogP contribution in [0.1, 0.15) is 23.7 Å². The molecule has 1 aromatic carbocycles. The van der Waals surface area contributed by atoms with Gasteiger partial charge in [-0.25, -0.2) is 0 Å². The van der Waals surface area contributed by atoms with Gasteiger partial charge in [-0.2, -0.15) is 0 Å². The van der Waals surface area contributed by atoms with E-state index in [1.54, 1.807) is 0 Å². The number of hydrogen-bond donors (Lipinski definition) is 0. The van der Waals surface area contributed by atoms with E-state index in [9.17, 15) is 4.79 Å². The van der Waals surface area contributed by atoms with Crippen LogP contribution in [0.25, 0.3) is 0 Å². The average molecular weight is 364 g/mol. The second-order valence-electron chi connectivity index (χ2n) is 4.54. The summed E-state index contributed by atoms with van der Waals surface area (Å²) >= 11 is 8.45. The van der Waals surface area contributed by atoms with E-state index in [1.807, 2.05) is 29.2 Å². The molecular weight excluding hydrogens is 349 g/mol. The summed E-state index contributed by atoms with van der Waals surface area (Å²) in [6.45, 7) is 3.62. The highest BCUT2D eigenvalue weighted by Crippen LogP contribution is 2.23. The average Bonchev–Trinajstić information content (AvgIpc) is 2.32. The Morgan fingerprint density at radius 1 is 1.53 bits per heavy atom. The fourth-order valence-electron chi connectivity index (χ4n) is 2.01. The van der Waals surface area contributed by atoms with Crippen molar-refractivity contribution in [2.75, 3.05) is 13.1 Å². The van der Waals surface area contributed by atoms with Gasteiger partial charge in [0.15, 0.2) is 0 Å². The van der Waals surface area contributed by atoms with Crippen LogP contribution in [0.5, 0.6) is 0 Å². The third-order valence-corrected chi connectivity index (χ3v) is 4.46. The number of carbonyl (C=O) groups is 1. The maximum Gasteiger partial charge on any atom is 0.253 e. The third kappa shape index (κ3) is 3.13. The Hall–Kier alpha value is -0.290. The molecule has 2 atom stereocenters. The summed E-state index contributed by atoms with van der Waals surface area (Å²) in [4.78, 5) is 14.1. The van der Waals surface area contributed by atoms with Gasteiger partial charge in [-0.15, -0.1) is 11.6 Å². The van der Waals surface area contributed by atoms with Gasteiger partial charge in [0.05, 0.1) is 5.38 Å². The molecular formula is C13H15ClINO. The van der Waals surface area contributed by atoms with Crippen molar-refractivity contribution in [3.63, 3.8) is 0 Å². The molecule has 0 saturated carbocycles. The number of halogens is 2. The van der Waals surface area contributed by atoms with Crippen LogP contribution < -0.4 is 0 Å². The van der Waals surface area contributed by atoms with Crippen LogP contribution in [0.4, 0.5) is 0 Å². The number of benzene rings is 1. The topological polar surface area (TPSA) is 20.3 Å². The minimum atomic E-state index is 0.0792. The van der Waals surface area contributed by atoms with Gasteiger partial charge < -0.3 is 4.90 Å². The van der Waals surface area contributed by atoms with Gasteiger partial charge in [0, 0.05) is 22.2 Å². The number of alkyl halides is 1. The van der Waals surface area contributed by atoms with Gasteiger partial charge in [0.25, 0.3) is 5.91 Å². The van der Waals surface area contributed by atoms with Crippen LogP contribution in [0.3, 0.4) is 0 Å². The smallest absolute Gasteiger partial charge is 0.253 e. The number of amides is 1. The first-order valence-corrected chi connectivity index (χ1v) is 7.28. The summed E-state index contributed by atoms with van der Waals surface area (Å²) in [5.41, 5.74) is 0.760. The molecule has 0 aromatic heterocycles. The van der Waals surface area contributed by atoms with Crippen LogP contribution in [0, 0.1) is 9.49 Å². The van der Waals surface area contributed by atoms with Crippen molar-refractivity contribution < 1.29 is 4.79 Å². The molecule has 0 spiro atoms. The highest BCUT2D eigenvalue weighted by Gasteiger charge is 2.27. The highest BCUT2D eigenvalue weighted by atomic mass is 127. The molecule has 2 nitrogen and oxygen atoms in total. The molecule has 0 N–H and O–H groups in total. The quantitative estimate of drug-likeness (QED) is 0.553. The monoisotopic (exact) mass is 363 g/mol. The maximum absolute atomic E-state index is 12.3. The lowest BCUT2D eigenvalue weighted by atomic mass is 9.98. The molecule has 1 aliphatic rings. The SMILES string of the molecule is CC1CCN(C(=O)c2cccc(I)c2)CC1Cl. The van der Waals surface area contributed by atoms with Crippen LogP contribution in [0.15, 0.2) is 24.3 Å². The summed E-state index contributed by atoms with van der Waals surface area (Å²) in [5, 5.41) is 0.0792. The Morgan fingerprint density at radius 3 is 2.94 bits per heavy atom. The van der Waals surface area contributed by atoms with Crippen molar-refractivity contribution >= 4 is 40.1 Å². The molecule has 2 unspecified atom stereocenters. The Bertz CT molecular complexity index is 424. The van der Waals surface area contributed by atoms with Crippen LogP contribution >= 0.6 is 34.2 Å². The van der Waals surface area contributed by atoms with Gasteiger partial charge in [-0.05, 0) is 53.1 Å². The predicted octanol–water partition coefficient (Wildman–Crippen LogP) is 3.38. The zero-order chi connectivity index (χ0) is 12.4. The standard InChI is InChI=1S/C13H15ClINO/c1-9-5-6-16(8-12(9)14)13(17)10-3-2-4-11(15)7-10/h2-4,7,9,12H,5-6,8H2,1H3. The Morgan fingerprint density at radius 2 is 2.29 bits per heavy atom. The number of hydrogen-bond acceptors (Lipinski definition) is 1. The molecule has 2 rings (SSSR count). The lowest BCUT2D eigenvalue weighted by Gasteiger charge is -2.34. The van der Waals surface area contributed by atoms with Gasteiger partial charge >= 0.3 is 0 Å². The molecule has 1 amide bonds. The van der Waals surface area contributed by atoms with Crippen molar-refractivity contribution in [1.29, 1.82) is 0 Å². The first-order chi connectivity index (χ1) is 8.08. The van der Waals surface area contributed by atoms with E-state index in [-0.39, 0.29) is 11.3 Å². The van der Waals surface area contributed by atoms with E-state index < -0.39 is 0 Å². The number of likely N-dealkylation sites (tertiary alicyclic amines) is 1. The summed E-state index contributed by atoms with van der Waals surface area (Å²) in [6.07, 6.45) is 0.990. The molecule has 1 heterocycles. The molecule has 92 valence electrons. The number of rotatable bonds is 1. The molecule has 0 radical (unpaired) electrons. The van der Waals surface area contributed by atoms with Crippen LogP contribution in [-0.2, 0) is 0 Å². The van der Waals surface area contributed by atoms with Crippen LogP contribution in [-0.4, -0.2) is 29.3 Å². The van der Waals surface area contributed by atoms with E-state index in [0.29, 0.717) is 12.5 Å². The minimum absolute atomic E-state index is 0.0792. The fraction of sp³-hybridized carbons (Fsp3) is 0.462. The highest BCUT2D eigenvalue weighted by molar-refractivity contribution is 14.1. The Kier molecular flexibility index (Phi) is 4.31.